The second-order valence-electron chi connectivity index (χ2n) is 6.94. The summed E-state index contributed by atoms with van der Waals surface area (Å²) in [6.07, 6.45) is 10.1. The van der Waals surface area contributed by atoms with Crippen molar-refractivity contribution in [2.75, 3.05) is 6.54 Å². The van der Waals surface area contributed by atoms with Gasteiger partial charge in [-0.3, -0.25) is 14.5 Å². The van der Waals surface area contributed by atoms with Crippen molar-refractivity contribution in [2.24, 2.45) is 0 Å². The zero-order chi connectivity index (χ0) is 21.2. The molecule has 0 spiro atoms. The van der Waals surface area contributed by atoms with Crippen molar-refractivity contribution in [3.8, 4) is 0 Å². The van der Waals surface area contributed by atoms with Crippen LogP contribution < -0.4 is 0 Å². The van der Waals surface area contributed by atoms with Crippen molar-refractivity contribution in [1.29, 1.82) is 0 Å². The van der Waals surface area contributed by atoms with E-state index in [0.717, 1.165) is 51.4 Å². The topological polar surface area (TPSA) is 57.6 Å². The van der Waals surface area contributed by atoms with E-state index in [1.54, 1.807) is 29.2 Å². The molecule has 1 N–H and O–H groups in total. The van der Waals surface area contributed by atoms with Crippen molar-refractivity contribution in [2.45, 2.75) is 57.8 Å². The number of carboxylic acids is 1. The number of unbranched alkanes of at least 4 members (excludes halogenated alkanes) is 7. The molecule has 0 aromatic heterocycles. The summed E-state index contributed by atoms with van der Waals surface area (Å²) >= 11 is 19.0. The van der Waals surface area contributed by atoms with Gasteiger partial charge < -0.3 is 5.11 Å². The van der Waals surface area contributed by atoms with Crippen LogP contribution in [0.25, 0.3) is 6.08 Å². The summed E-state index contributed by atoms with van der Waals surface area (Å²) in [4.78, 5) is 25.3. The summed E-state index contributed by atoms with van der Waals surface area (Å²) in [5.41, 5.74) is 0.639. The highest BCUT2D eigenvalue weighted by atomic mass is 35.5. The third kappa shape index (κ3) is 7.93. The van der Waals surface area contributed by atoms with E-state index in [2.05, 4.69) is 0 Å². The molecule has 0 atom stereocenters. The Bertz CT molecular complexity index is 763. The van der Waals surface area contributed by atoms with E-state index in [9.17, 15) is 9.59 Å². The van der Waals surface area contributed by atoms with Gasteiger partial charge in [0.25, 0.3) is 5.91 Å². The number of carboxylic acid groups (broad SMARTS) is 1. The fraction of sp³-hybridized carbons (Fsp3) is 0.476. The molecular formula is C21H25Cl2NO3S2. The molecular weight excluding hydrogens is 449 g/mol. The van der Waals surface area contributed by atoms with E-state index < -0.39 is 5.97 Å². The van der Waals surface area contributed by atoms with Crippen molar-refractivity contribution >= 4 is 69.5 Å². The number of aliphatic carboxylic acids is 1. The number of benzene rings is 1. The second kappa shape index (κ2) is 12.6. The van der Waals surface area contributed by atoms with E-state index in [4.69, 9.17) is 40.5 Å². The van der Waals surface area contributed by atoms with E-state index >= 15 is 0 Å². The van der Waals surface area contributed by atoms with Crippen LogP contribution in [0.3, 0.4) is 0 Å². The SMILES string of the molecule is O=C(O)CCCCCCCCCCN1C(=O)/C(=C/c2c(Cl)cccc2Cl)SC1=S. The Labute approximate surface area is 191 Å². The van der Waals surface area contributed by atoms with Crippen molar-refractivity contribution in [3.63, 3.8) is 0 Å². The van der Waals surface area contributed by atoms with Gasteiger partial charge in [-0.05, 0) is 31.1 Å². The third-order valence-electron chi connectivity index (χ3n) is 4.67. The maximum Gasteiger partial charge on any atom is 0.303 e. The van der Waals surface area contributed by atoms with Crippen molar-refractivity contribution < 1.29 is 14.7 Å². The maximum atomic E-state index is 12.7. The number of carbonyl (C=O) groups is 2. The molecule has 1 fully saturated rings. The highest BCUT2D eigenvalue weighted by Crippen LogP contribution is 2.35. The molecule has 0 unspecified atom stereocenters. The van der Waals surface area contributed by atoms with E-state index in [0.29, 0.717) is 31.4 Å². The molecule has 1 heterocycles. The number of thiocarbonyl (C=S) groups is 1. The Balaban J connectivity index is 1.70. The number of thioether (sulfide) groups is 1. The van der Waals surface area contributed by atoms with Crippen LogP contribution in [0.1, 0.15) is 63.4 Å². The number of nitrogens with zero attached hydrogens (tertiary/aromatic N) is 1. The molecule has 1 aromatic rings. The lowest BCUT2D eigenvalue weighted by Gasteiger charge is -2.14. The van der Waals surface area contributed by atoms with Gasteiger partial charge in [0.2, 0.25) is 0 Å². The van der Waals surface area contributed by atoms with E-state index in [1.807, 2.05) is 0 Å². The molecule has 1 saturated heterocycles. The molecule has 0 saturated carbocycles. The van der Waals surface area contributed by atoms with Gasteiger partial charge in [0.05, 0.1) is 4.91 Å². The zero-order valence-electron chi connectivity index (χ0n) is 16.2. The first-order chi connectivity index (χ1) is 13.9. The van der Waals surface area contributed by atoms with Gasteiger partial charge in [0.1, 0.15) is 4.32 Å². The molecule has 1 aromatic carbocycles. The lowest BCUT2D eigenvalue weighted by Crippen LogP contribution is -2.29. The quantitative estimate of drug-likeness (QED) is 0.205. The molecule has 8 heteroatoms. The molecule has 1 amide bonds. The smallest absolute Gasteiger partial charge is 0.303 e. The highest BCUT2D eigenvalue weighted by Gasteiger charge is 2.31. The average molecular weight is 474 g/mol. The van der Waals surface area contributed by atoms with Crippen LogP contribution in [0, 0.1) is 0 Å². The number of amides is 1. The summed E-state index contributed by atoms with van der Waals surface area (Å²) in [7, 11) is 0. The lowest BCUT2D eigenvalue weighted by atomic mass is 10.1. The lowest BCUT2D eigenvalue weighted by molar-refractivity contribution is -0.137. The fourth-order valence-corrected chi connectivity index (χ4v) is 4.88. The Morgan fingerprint density at radius 2 is 1.59 bits per heavy atom. The molecule has 29 heavy (non-hydrogen) atoms. The zero-order valence-corrected chi connectivity index (χ0v) is 19.3. The van der Waals surface area contributed by atoms with Crippen LogP contribution in [0.5, 0.6) is 0 Å². The first kappa shape index (κ1) is 24.2. The maximum absolute atomic E-state index is 12.7. The third-order valence-corrected chi connectivity index (χ3v) is 6.71. The van der Waals surface area contributed by atoms with Crippen LogP contribution in [0.2, 0.25) is 10.0 Å². The van der Waals surface area contributed by atoms with Crippen LogP contribution in [0.4, 0.5) is 0 Å². The van der Waals surface area contributed by atoms with Gasteiger partial charge >= 0.3 is 5.97 Å². The van der Waals surface area contributed by atoms with Crippen molar-refractivity contribution in [1.82, 2.24) is 4.90 Å². The normalized spacial score (nSPS) is 15.5. The number of hydrogen-bond donors (Lipinski definition) is 1. The van der Waals surface area contributed by atoms with E-state index in [1.165, 1.54) is 11.8 Å². The first-order valence-corrected chi connectivity index (χ1v) is 11.8. The van der Waals surface area contributed by atoms with Gasteiger partial charge in [0.15, 0.2) is 0 Å². The number of rotatable bonds is 12. The fourth-order valence-electron chi connectivity index (χ4n) is 3.08. The van der Waals surface area contributed by atoms with Gasteiger partial charge in [-0.15, -0.1) is 0 Å². The minimum Gasteiger partial charge on any atom is -0.481 e. The Kier molecular flexibility index (Phi) is 10.5. The molecule has 1 aliphatic heterocycles. The number of hydrogen-bond acceptors (Lipinski definition) is 4. The minimum absolute atomic E-state index is 0.0885. The highest BCUT2D eigenvalue weighted by molar-refractivity contribution is 8.26. The predicted octanol–water partition coefficient (Wildman–Crippen LogP) is 6.79. The monoisotopic (exact) mass is 473 g/mol. The summed E-state index contributed by atoms with van der Waals surface area (Å²) < 4.78 is 0.572. The summed E-state index contributed by atoms with van der Waals surface area (Å²) in [6.45, 7) is 0.622. The molecule has 4 nitrogen and oxygen atoms in total. The molecule has 1 aliphatic rings. The van der Waals surface area contributed by atoms with Crippen LogP contribution in [-0.4, -0.2) is 32.7 Å². The molecule has 0 aliphatic carbocycles. The van der Waals surface area contributed by atoms with Gasteiger partial charge in [-0.2, -0.15) is 0 Å². The molecule has 0 bridgehead atoms. The molecule has 158 valence electrons. The molecule has 2 rings (SSSR count). The Morgan fingerprint density at radius 3 is 2.17 bits per heavy atom. The summed E-state index contributed by atoms with van der Waals surface area (Å²) in [5.74, 6) is -0.806. The van der Waals surface area contributed by atoms with Crippen LogP contribution >= 0.6 is 47.2 Å². The largest absolute Gasteiger partial charge is 0.481 e. The molecule has 0 radical (unpaired) electrons. The average Bonchev–Trinajstić information content (AvgIpc) is 2.93. The summed E-state index contributed by atoms with van der Waals surface area (Å²) in [6, 6.07) is 5.25. The Morgan fingerprint density at radius 1 is 1.03 bits per heavy atom. The standard InChI is InChI=1S/C21H25Cl2NO3S2/c22-16-10-9-11-17(23)15(16)14-18-20(27)24(21(28)29-18)13-8-6-4-2-1-3-5-7-12-19(25)26/h9-11,14H,1-8,12-13H2,(H,25,26)/b18-14-. The number of carbonyl (C=O) groups excluding carboxylic acids is 1. The summed E-state index contributed by atoms with van der Waals surface area (Å²) in [5, 5.41) is 9.61. The second-order valence-corrected chi connectivity index (χ2v) is 9.43. The van der Waals surface area contributed by atoms with Gasteiger partial charge in [-0.25, -0.2) is 0 Å². The van der Waals surface area contributed by atoms with Crippen molar-refractivity contribution in [3.05, 3.63) is 38.7 Å². The Hall–Kier alpha value is -1.08. The number of halogens is 2. The minimum atomic E-state index is -0.717. The van der Waals surface area contributed by atoms with Gasteiger partial charge in [-0.1, -0.05) is 91.8 Å². The first-order valence-electron chi connectivity index (χ1n) is 9.81. The van der Waals surface area contributed by atoms with Crippen LogP contribution in [-0.2, 0) is 9.59 Å². The van der Waals surface area contributed by atoms with E-state index in [-0.39, 0.29) is 12.3 Å². The van der Waals surface area contributed by atoms with Crippen LogP contribution in [0.15, 0.2) is 23.1 Å². The predicted molar refractivity (Wildman–Crippen MR) is 126 cm³/mol. The van der Waals surface area contributed by atoms with Gasteiger partial charge in [0, 0.05) is 28.6 Å².